The molecule has 0 spiro atoms. The number of amides is 1. The van der Waals surface area contributed by atoms with Crippen LogP contribution in [-0.2, 0) is 11.3 Å². The number of carbonyl (C=O) groups is 1. The first-order valence-electron chi connectivity index (χ1n) is 6.74. The van der Waals surface area contributed by atoms with E-state index in [1.165, 1.54) is 0 Å². The van der Waals surface area contributed by atoms with E-state index in [-0.39, 0.29) is 18.5 Å². The molecule has 5 nitrogen and oxygen atoms in total. The number of pyridine rings is 1. The zero-order valence-corrected chi connectivity index (χ0v) is 12.0. The number of nitrogens with two attached hydrogens (primary N) is 1. The summed E-state index contributed by atoms with van der Waals surface area (Å²) in [5.41, 5.74) is 7.27. The van der Waals surface area contributed by atoms with Gasteiger partial charge in [0.25, 0.3) is 0 Å². The van der Waals surface area contributed by atoms with Gasteiger partial charge >= 0.3 is 0 Å². The molecule has 0 unspecified atom stereocenters. The Hall–Kier alpha value is -1.62. The SMILES string of the molecule is CCCNc1ccnc(CN(CC(N)=O)C(C)C)c1. The highest BCUT2D eigenvalue weighted by atomic mass is 16.1. The average Bonchev–Trinajstić information content (AvgIpc) is 2.35. The second-order valence-electron chi connectivity index (χ2n) is 4.93. The quantitative estimate of drug-likeness (QED) is 0.748. The molecule has 0 aromatic carbocycles. The summed E-state index contributed by atoms with van der Waals surface area (Å²) in [7, 11) is 0. The summed E-state index contributed by atoms with van der Waals surface area (Å²) in [6.45, 7) is 8.04. The van der Waals surface area contributed by atoms with E-state index in [0.717, 1.165) is 24.3 Å². The smallest absolute Gasteiger partial charge is 0.231 e. The van der Waals surface area contributed by atoms with Crippen molar-refractivity contribution >= 4 is 11.6 Å². The van der Waals surface area contributed by atoms with Crippen molar-refractivity contribution < 1.29 is 4.79 Å². The molecule has 0 bridgehead atoms. The van der Waals surface area contributed by atoms with Crippen molar-refractivity contribution in [2.75, 3.05) is 18.4 Å². The van der Waals surface area contributed by atoms with Gasteiger partial charge in [-0.05, 0) is 32.4 Å². The fraction of sp³-hybridized carbons (Fsp3) is 0.571. The van der Waals surface area contributed by atoms with Crippen LogP contribution in [0.15, 0.2) is 18.3 Å². The number of rotatable bonds is 8. The molecule has 0 aliphatic carbocycles. The maximum absolute atomic E-state index is 11.1. The summed E-state index contributed by atoms with van der Waals surface area (Å²) in [4.78, 5) is 17.4. The third-order valence-electron chi connectivity index (χ3n) is 2.85. The molecule has 0 saturated heterocycles. The normalized spacial score (nSPS) is 11.0. The lowest BCUT2D eigenvalue weighted by Gasteiger charge is -2.24. The van der Waals surface area contributed by atoms with Crippen LogP contribution in [0.25, 0.3) is 0 Å². The number of anilines is 1. The largest absolute Gasteiger partial charge is 0.385 e. The highest BCUT2D eigenvalue weighted by Gasteiger charge is 2.13. The van der Waals surface area contributed by atoms with Crippen molar-refractivity contribution in [3.8, 4) is 0 Å². The lowest BCUT2D eigenvalue weighted by molar-refractivity contribution is -0.119. The second-order valence-corrected chi connectivity index (χ2v) is 4.93. The predicted octanol–water partition coefficient (Wildman–Crippen LogP) is 1.60. The van der Waals surface area contributed by atoms with Gasteiger partial charge in [0.05, 0.1) is 12.2 Å². The number of primary amides is 1. The maximum Gasteiger partial charge on any atom is 0.231 e. The van der Waals surface area contributed by atoms with Gasteiger partial charge in [0.2, 0.25) is 5.91 Å². The summed E-state index contributed by atoms with van der Waals surface area (Å²) in [5.74, 6) is -0.311. The van der Waals surface area contributed by atoms with Crippen LogP contribution >= 0.6 is 0 Å². The number of nitrogens with zero attached hydrogens (tertiary/aromatic N) is 2. The number of nitrogens with one attached hydrogen (secondary N) is 1. The van der Waals surface area contributed by atoms with Crippen molar-refractivity contribution in [1.82, 2.24) is 9.88 Å². The van der Waals surface area contributed by atoms with E-state index in [2.05, 4.69) is 17.2 Å². The molecule has 1 heterocycles. The average molecular weight is 264 g/mol. The van der Waals surface area contributed by atoms with Crippen molar-refractivity contribution in [3.63, 3.8) is 0 Å². The van der Waals surface area contributed by atoms with Gasteiger partial charge in [-0.1, -0.05) is 6.92 Å². The van der Waals surface area contributed by atoms with Crippen LogP contribution in [0.3, 0.4) is 0 Å². The van der Waals surface area contributed by atoms with E-state index in [9.17, 15) is 4.79 Å². The van der Waals surface area contributed by atoms with Gasteiger partial charge in [-0.3, -0.25) is 14.7 Å². The molecule has 5 heteroatoms. The molecule has 1 amide bonds. The molecule has 0 atom stereocenters. The van der Waals surface area contributed by atoms with Crippen LogP contribution < -0.4 is 11.1 Å². The molecule has 3 N–H and O–H groups in total. The molecule has 1 rings (SSSR count). The highest BCUT2D eigenvalue weighted by molar-refractivity contribution is 5.75. The third kappa shape index (κ3) is 5.70. The molecule has 0 aliphatic rings. The Morgan fingerprint density at radius 3 is 2.84 bits per heavy atom. The molecule has 0 fully saturated rings. The Labute approximate surface area is 115 Å². The summed E-state index contributed by atoms with van der Waals surface area (Å²) in [6, 6.07) is 4.22. The molecule has 1 aromatic heterocycles. The summed E-state index contributed by atoms with van der Waals surface area (Å²) >= 11 is 0. The van der Waals surface area contributed by atoms with Crippen LogP contribution in [-0.4, -0.2) is 34.9 Å². The minimum Gasteiger partial charge on any atom is -0.385 e. The van der Waals surface area contributed by atoms with Gasteiger partial charge in [0.1, 0.15) is 0 Å². The van der Waals surface area contributed by atoms with Gasteiger partial charge in [0, 0.05) is 31.0 Å². The number of aromatic nitrogens is 1. The molecule has 0 saturated carbocycles. The molecular weight excluding hydrogens is 240 g/mol. The Morgan fingerprint density at radius 1 is 1.53 bits per heavy atom. The fourth-order valence-corrected chi connectivity index (χ4v) is 1.77. The first kappa shape index (κ1) is 15.4. The number of hydrogen-bond donors (Lipinski definition) is 2. The maximum atomic E-state index is 11.1. The van der Waals surface area contributed by atoms with Gasteiger partial charge < -0.3 is 11.1 Å². The van der Waals surface area contributed by atoms with Gasteiger partial charge in [-0.25, -0.2) is 0 Å². The van der Waals surface area contributed by atoms with E-state index in [1.54, 1.807) is 6.20 Å². The zero-order valence-electron chi connectivity index (χ0n) is 12.0. The minimum atomic E-state index is -0.311. The zero-order chi connectivity index (χ0) is 14.3. The van der Waals surface area contributed by atoms with Crippen molar-refractivity contribution in [3.05, 3.63) is 24.0 Å². The van der Waals surface area contributed by atoms with Gasteiger partial charge in [0.15, 0.2) is 0 Å². The summed E-state index contributed by atoms with van der Waals surface area (Å²) < 4.78 is 0. The number of carbonyl (C=O) groups excluding carboxylic acids is 1. The molecule has 1 aromatic rings. The Balaban J connectivity index is 2.70. The van der Waals surface area contributed by atoms with Crippen LogP contribution in [0.4, 0.5) is 5.69 Å². The summed E-state index contributed by atoms with van der Waals surface area (Å²) in [6.07, 6.45) is 2.87. The Bertz CT molecular complexity index is 406. The van der Waals surface area contributed by atoms with Crippen LogP contribution in [0.2, 0.25) is 0 Å². The monoisotopic (exact) mass is 264 g/mol. The molecular formula is C14H24N4O. The van der Waals surface area contributed by atoms with Crippen LogP contribution in [0, 0.1) is 0 Å². The minimum absolute atomic E-state index is 0.251. The topological polar surface area (TPSA) is 71.2 Å². The first-order chi connectivity index (χ1) is 9.02. The standard InChI is InChI=1S/C14H24N4O/c1-4-6-16-12-5-7-17-13(8-12)9-18(11(2)3)10-14(15)19/h5,7-8,11H,4,6,9-10H2,1-3H3,(H2,15,19)(H,16,17). The van der Waals surface area contributed by atoms with Crippen molar-refractivity contribution in [2.45, 2.75) is 39.8 Å². The Kier molecular flexibility index (Phi) is 6.29. The first-order valence-corrected chi connectivity index (χ1v) is 6.74. The van der Waals surface area contributed by atoms with E-state index >= 15 is 0 Å². The molecule has 0 radical (unpaired) electrons. The Morgan fingerprint density at radius 2 is 2.26 bits per heavy atom. The summed E-state index contributed by atoms with van der Waals surface area (Å²) in [5, 5.41) is 3.33. The van der Waals surface area contributed by atoms with Gasteiger partial charge in [-0.2, -0.15) is 0 Å². The van der Waals surface area contributed by atoms with Crippen molar-refractivity contribution in [1.29, 1.82) is 0 Å². The van der Waals surface area contributed by atoms with E-state index in [1.807, 2.05) is 30.9 Å². The number of hydrogen-bond acceptors (Lipinski definition) is 4. The van der Waals surface area contributed by atoms with E-state index < -0.39 is 0 Å². The van der Waals surface area contributed by atoms with E-state index in [0.29, 0.717) is 6.54 Å². The van der Waals surface area contributed by atoms with Crippen LogP contribution in [0.1, 0.15) is 32.9 Å². The third-order valence-corrected chi connectivity index (χ3v) is 2.85. The second kappa shape index (κ2) is 7.74. The van der Waals surface area contributed by atoms with Gasteiger partial charge in [-0.15, -0.1) is 0 Å². The molecule has 106 valence electrons. The predicted molar refractivity (Wildman–Crippen MR) is 77.8 cm³/mol. The lowest BCUT2D eigenvalue weighted by Crippen LogP contribution is -2.38. The molecule has 0 aliphatic heterocycles. The fourth-order valence-electron chi connectivity index (χ4n) is 1.77. The van der Waals surface area contributed by atoms with Crippen LogP contribution in [0.5, 0.6) is 0 Å². The highest BCUT2D eigenvalue weighted by Crippen LogP contribution is 2.11. The molecule has 19 heavy (non-hydrogen) atoms. The van der Waals surface area contributed by atoms with E-state index in [4.69, 9.17) is 5.73 Å². The van der Waals surface area contributed by atoms with Crippen molar-refractivity contribution in [2.24, 2.45) is 5.73 Å². The lowest BCUT2D eigenvalue weighted by atomic mass is 10.2.